The number of halogens is 1. The molecule has 0 saturated heterocycles. The maximum absolute atomic E-state index is 8.79. The molecule has 0 bridgehead atoms. The van der Waals surface area contributed by atoms with Gasteiger partial charge in [0.15, 0.2) is 0 Å². The molecule has 0 amide bonds. The lowest BCUT2D eigenvalue weighted by atomic mass is 10.1. The average molecular weight is 234 g/mol. The third kappa shape index (κ3) is 1.38. The first-order valence-electron chi connectivity index (χ1n) is 3.62. The van der Waals surface area contributed by atoms with Crippen molar-refractivity contribution in [3.05, 3.63) is 34.4 Å². The molecule has 1 aromatic heterocycles. The molecule has 0 aliphatic heterocycles. The van der Waals surface area contributed by atoms with Crippen LogP contribution >= 0.6 is 15.9 Å². The molecule has 0 radical (unpaired) electrons. The second kappa shape index (κ2) is 3.11. The Labute approximate surface area is 83.1 Å². The monoisotopic (exact) mass is 233 g/mol. The Morgan fingerprint density at radius 2 is 2.23 bits per heavy atom. The van der Waals surface area contributed by atoms with Crippen LogP contribution in [0.15, 0.2) is 28.9 Å². The van der Waals surface area contributed by atoms with Crippen molar-refractivity contribution in [2.75, 3.05) is 0 Å². The second-order valence-electron chi connectivity index (χ2n) is 2.53. The Morgan fingerprint density at radius 3 is 3.00 bits per heavy atom. The SMILES string of the molecule is N#Cc1cnnc2ccc(Br)cc12. The van der Waals surface area contributed by atoms with E-state index in [9.17, 15) is 0 Å². The molecule has 4 heteroatoms. The molecule has 62 valence electrons. The van der Waals surface area contributed by atoms with Gasteiger partial charge < -0.3 is 0 Å². The fourth-order valence-electron chi connectivity index (χ4n) is 1.12. The summed E-state index contributed by atoms with van der Waals surface area (Å²) in [4.78, 5) is 0. The van der Waals surface area contributed by atoms with Crippen LogP contribution in [-0.2, 0) is 0 Å². The highest BCUT2D eigenvalue weighted by atomic mass is 79.9. The van der Waals surface area contributed by atoms with Gasteiger partial charge in [-0.25, -0.2) is 0 Å². The molecule has 0 fully saturated rings. The van der Waals surface area contributed by atoms with E-state index in [0.29, 0.717) is 5.56 Å². The van der Waals surface area contributed by atoms with Crippen molar-refractivity contribution in [3.63, 3.8) is 0 Å². The highest BCUT2D eigenvalue weighted by Gasteiger charge is 2.01. The third-order valence-electron chi connectivity index (χ3n) is 1.72. The number of hydrogen-bond acceptors (Lipinski definition) is 3. The van der Waals surface area contributed by atoms with Crippen LogP contribution in [0.5, 0.6) is 0 Å². The van der Waals surface area contributed by atoms with E-state index in [-0.39, 0.29) is 0 Å². The van der Waals surface area contributed by atoms with Gasteiger partial charge in [-0.3, -0.25) is 0 Å². The van der Waals surface area contributed by atoms with Crippen molar-refractivity contribution in [1.29, 1.82) is 5.26 Å². The third-order valence-corrected chi connectivity index (χ3v) is 2.21. The molecule has 1 aromatic carbocycles. The molecule has 0 atom stereocenters. The molecule has 0 N–H and O–H groups in total. The lowest BCUT2D eigenvalue weighted by Crippen LogP contribution is -1.87. The molecular formula is C9H4BrN3. The van der Waals surface area contributed by atoms with E-state index in [1.165, 1.54) is 6.20 Å². The van der Waals surface area contributed by atoms with Crippen LogP contribution in [0.1, 0.15) is 5.56 Å². The van der Waals surface area contributed by atoms with Gasteiger partial charge >= 0.3 is 0 Å². The maximum atomic E-state index is 8.79. The largest absolute Gasteiger partial charge is 0.192 e. The highest BCUT2D eigenvalue weighted by Crippen LogP contribution is 2.19. The molecule has 0 saturated carbocycles. The van der Waals surface area contributed by atoms with E-state index in [1.54, 1.807) is 0 Å². The van der Waals surface area contributed by atoms with Crippen molar-refractivity contribution >= 4 is 26.8 Å². The number of hydrogen-bond donors (Lipinski definition) is 0. The van der Waals surface area contributed by atoms with Crippen LogP contribution in [0.4, 0.5) is 0 Å². The quantitative estimate of drug-likeness (QED) is 0.702. The summed E-state index contributed by atoms with van der Waals surface area (Å²) < 4.78 is 0.935. The predicted molar refractivity (Wildman–Crippen MR) is 52.0 cm³/mol. The normalized spacial score (nSPS) is 9.85. The lowest BCUT2D eigenvalue weighted by molar-refractivity contribution is 1.07. The zero-order valence-electron chi connectivity index (χ0n) is 6.53. The molecule has 0 aliphatic carbocycles. The minimum absolute atomic E-state index is 0.548. The minimum Gasteiger partial charge on any atom is -0.192 e. The number of aromatic nitrogens is 2. The van der Waals surface area contributed by atoms with Crippen LogP contribution in [0.25, 0.3) is 10.9 Å². The average Bonchev–Trinajstić information content (AvgIpc) is 2.17. The lowest BCUT2D eigenvalue weighted by Gasteiger charge is -1.97. The Morgan fingerprint density at radius 1 is 1.38 bits per heavy atom. The Bertz CT molecular complexity index is 502. The van der Waals surface area contributed by atoms with Gasteiger partial charge in [0.1, 0.15) is 6.07 Å². The van der Waals surface area contributed by atoms with Gasteiger partial charge in [-0.05, 0) is 18.2 Å². The first kappa shape index (κ1) is 8.14. The molecule has 0 aliphatic rings. The van der Waals surface area contributed by atoms with Crippen LogP contribution in [0.3, 0.4) is 0 Å². The predicted octanol–water partition coefficient (Wildman–Crippen LogP) is 2.26. The molecule has 0 spiro atoms. The Balaban J connectivity index is 2.89. The van der Waals surface area contributed by atoms with Crippen LogP contribution in [0, 0.1) is 11.3 Å². The van der Waals surface area contributed by atoms with Crippen molar-refractivity contribution in [2.24, 2.45) is 0 Å². The van der Waals surface area contributed by atoms with Gasteiger partial charge in [-0.2, -0.15) is 15.5 Å². The van der Waals surface area contributed by atoms with E-state index < -0.39 is 0 Å². The summed E-state index contributed by atoms with van der Waals surface area (Å²) >= 11 is 3.34. The smallest absolute Gasteiger partial charge is 0.102 e. The van der Waals surface area contributed by atoms with Gasteiger partial charge in [0.25, 0.3) is 0 Å². The van der Waals surface area contributed by atoms with E-state index in [2.05, 4.69) is 32.2 Å². The molecule has 13 heavy (non-hydrogen) atoms. The summed E-state index contributed by atoms with van der Waals surface area (Å²) in [6, 6.07) is 7.64. The van der Waals surface area contributed by atoms with Crippen molar-refractivity contribution < 1.29 is 0 Å². The fourth-order valence-corrected chi connectivity index (χ4v) is 1.48. The number of rotatable bonds is 0. The zero-order chi connectivity index (χ0) is 9.26. The summed E-state index contributed by atoms with van der Waals surface area (Å²) in [5.74, 6) is 0. The van der Waals surface area contributed by atoms with Crippen molar-refractivity contribution in [1.82, 2.24) is 10.2 Å². The topological polar surface area (TPSA) is 49.6 Å². The summed E-state index contributed by atoms with van der Waals surface area (Å²) in [7, 11) is 0. The molecule has 2 aromatic rings. The van der Waals surface area contributed by atoms with Gasteiger partial charge in [0, 0.05) is 9.86 Å². The van der Waals surface area contributed by atoms with Gasteiger partial charge in [0.05, 0.1) is 17.3 Å². The summed E-state index contributed by atoms with van der Waals surface area (Å²) in [5.41, 5.74) is 1.29. The molecule has 1 heterocycles. The summed E-state index contributed by atoms with van der Waals surface area (Å²) in [6.07, 6.45) is 1.47. The number of benzene rings is 1. The summed E-state index contributed by atoms with van der Waals surface area (Å²) in [6.45, 7) is 0. The standard InChI is InChI=1S/C9H4BrN3/c10-7-1-2-9-8(3-7)6(4-11)5-12-13-9/h1-3,5H. The van der Waals surface area contributed by atoms with E-state index in [1.807, 2.05) is 18.2 Å². The zero-order valence-corrected chi connectivity index (χ0v) is 8.12. The van der Waals surface area contributed by atoms with Crippen LogP contribution < -0.4 is 0 Å². The Kier molecular flexibility index (Phi) is 1.95. The first-order valence-corrected chi connectivity index (χ1v) is 4.41. The number of nitriles is 1. The van der Waals surface area contributed by atoms with E-state index in [0.717, 1.165) is 15.4 Å². The van der Waals surface area contributed by atoms with Crippen LogP contribution in [0.2, 0.25) is 0 Å². The molecule has 0 unspecified atom stereocenters. The van der Waals surface area contributed by atoms with Gasteiger partial charge in [0.2, 0.25) is 0 Å². The molecule has 2 rings (SSSR count). The summed E-state index contributed by atoms with van der Waals surface area (Å²) in [5, 5.41) is 17.3. The Hall–Kier alpha value is -1.47. The number of nitrogens with zero attached hydrogens (tertiary/aromatic N) is 3. The van der Waals surface area contributed by atoms with E-state index >= 15 is 0 Å². The van der Waals surface area contributed by atoms with Crippen LogP contribution in [-0.4, -0.2) is 10.2 Å². The molecular weight excluding hydrogens is 230 g/mol. The second-order valence-corrected chi connectivity index (χ2v) is 3.45. The van der Waals surface area contributed by atoms with Gasteiger partial charge in [-0.15, -0.1) is 0 Å². The fraction of sp³-hybridized carbons (Fsp3) is 0. The highest BCUT2D eigenvalue weighted by molar-refractivity contribution is 9.10. The first-order chi connectivity index (χ1) is 6.31. The molecule has 3 nitrogen and oxygen atoms in total. The minimum atomic E-state index is 0.548. The van der Waals surface area contributed by atoms with E-state index in [4.69, 9.17) is 5.26 Å². The number of fused-ring (bicyclic) bond motifs is 1. The van der Waals surface area contributed by atoms with Crippen molar-refractivity contribution in [3.8, 4) is 6.07 Å². The van der Waals surface area contributed by atoms with Gasteiger partial charge in [-0.1, -0.05) is 15.9 Å². The van der Waals surface area contributed by atoms with Crippen molar-refractivity contribution in [2.45, 2.75) is 0 Å². The maximum Gasteiger partial charge on any atom is 0.102 e.